The van der Waals surface area contributed by atoms with Gasteiger partial charge in [0.2, 0.25) is 0 Å². The molecule has 0 bridgehead atoms. The summed E-state index contributed by atoms with van der Waals surface area (Å²) in [5, 5.41) is 2.77. The highest BCUT2D eigenvalue weighted by Gasteiger charge is 2.15. The SMILES string of the molecule is COc1c(C)cccc1C(=O)Nc1ncc(S(=O)[O-])s1. The van der Waals surface area contributed by atoms with Crippen LogP contribution < -0.4 is 10.1 Å². The first-order chi connectivity index (χ1) is 9.52. The number of para-hydroxylation sites is 1. The molecule has 1 aromatic heterocycles. The van der Waals surface area contributed by atoms with Gasteiger partial charge in [-0.15, -0.1) is 0 Å². The van der Waals surface area contributed by atoms with Crippen LogP contribution in [0.1, 0.15) is 15.9 Å². The fraction of sp³-hybridized carbons (Fsp3) is 0.167. The highest BCUT2D eigenvalue weighted by atomic mass is 32.2. The highest BCUT2D eigenvalue weighted by molar-refractivity contribution is 7.81. The zero-order valence-electron chi connectivity index (χ0n) is 10.7. The monoisotopic (exact) mass is 311 g/mol. The Morgan fingerprint density at radius 3 is 2.85 bits per heavy atom. The number of hydrogen-bond donors (Lipinski definition) is 1. The van der Waals surface area contributed by atoms with Crippen molar-refractivity contribution >= 4 is 33.5 Å². The fourth-order valence-corrected chi connectivity index (χ4v) is 2.85. The fourth-order valence-electron chi connectivity index (χ4n) is 1.66. The summed E-state index contributed by atoms with van der Waals surface area (Å²) < 4.78 is 26.8. The minimum Gasteiger partial charge on any atom is -0.768 e. The van der Waals surface area contributed by atoms with Crippen LogP contribution in [0.4, 0.5) is 5.13 Å². The number of carbonyl (C=O) groups excluding carboxylic acids is 1. The van der Waals surface area contributed by atoms with Crippen LogP contribution >= 0.6 is 11.3 Å². The Morgan fingerprint density at radius 2 is 2.25 bits per heavy atom. The normalized spacial score (nSPS) is 11.9. The van der Waals surface area contributed by atoms with E-state index in [9.17, 15) is 13.6 Å². The molecule has 2 rings (SSSR count). The predicted octanol–water partition coefficient (Wildman–Crippen LogP) is 1.95. The molecule has 1 heterocycles. The Morgan fingerprint density at radius 1 is 1.50 bits per heavy atom. The smallest absolute Gasteiger partial charge is 0.261 e. The average molecular weight is 311 g/mol. The lowest BCUT2D eigenvalue weighted by Crippen LogP contribution is -2.13. The van der Waals surface area contributed by atoms with Gasteiger partial charge in [0.25, 0.3) is 5.91 Å². The van der Waals surface area contributed by atoms with Gasteiger partial charge in [-0.05, 0) is 29.6 Å². The first-order valence-corrected chi connectivity index (χ1v) is 7.42. The molecular formula is C12H11N2O4S2-. The van der Waals surface area contributed by atoms with E-state index in [1.54, 1.807) is 12.1 Å². The highest BCUT2D eigenvalue weighted by Crippen LogP contribution is 2.25. The van der Waals surface area contributed by atoms with Crippen LogP contribution in [0.15, 0.2) is 28.6 Å². The molecule has 1 unspecified atom stereocenters. The number of nitrogens with zero attached hydrogens (tertiary/aromatic N) is 1. The number of anilines is 1. The van der Waals surface area contributed by atoms with Crippen LogP contribution in [0.2, 0.25) is 0 Å². The van der Waals surface area contributed by atoms with Crippen molar-refractivity contribution < 1.29 is 18.3 Å². The van der Waals surface area contributed by atoms with Crippen LogP contribution in [0.3, 0.4) is 0 Å². The van der Waals surface area contributed by atoms with Crippen LogP contribution in [0, 0.1) is 6.92 Å². The van der Waals surface area contributed by atoms with Crippen LogP contribution in [-0.2, 0) is 11.1 Å². The van der Waals surface area contributed by atoms with Gasteiger partial charge >= 0.3 is 0 Å². The average Bonchev–Trinajstić information content (AvgIpc) is 2.87. The quantitative estimate of drug-likeness (QED) is 0.871. The zero-order chi connectivity index (χ0) is 14.7. The van der Waals surface area contributed by atoms with Gasteiger partial charge in [-0.2, -0.15) is 0 Å². The number of aryl methyl sites for hydroxylation is 1. The van der Waals surface area contributed by atoms with Crippen molar-refractivity contribution in [3.05, 3.63) is 35.5 Å². The van der Waals surface area contributed by atoms with Gasteiger partial charge in [0.15, 0.2) is 5.13 Å². The predicted molar refractivity (Wildman–Crippen MR) is 75.0 cm³/mol. The van der Waals surface area contributed by atoms with E-state index in [0.717, 1.165) is 16.9 Å². The van der Waals surface area contributed by atoms with Gasteiger partial charge in [0.05, 0.1) is 23.1 Å². The van der Waals surface area contributed by atoms with Crippen molar-refractivity contribution in [2.75, 3.05) is 12.4 Å². The number of amides is 1. The van der Waals surface area contributed by atoms with Crippen molar-refractivity contribution in [2.24, 2.45) is 0 Å². The van der Waals surface area contributed by atoms with Crippen molar-refractivity contribution in [1.82, 2.24) is 4.98 Å². The molecule has 0 aliphatic carbocycles. The molecule has 0 aliphatic rings. The van der Waals surface area contributed by atoms with E-state index in [2.05, 4.69) is 10.3 Å². The number of aromatic nitrogens is 1. The van der Waals surface area contributed by atoms with Crippen molar-refractivity contribution in [3.8, 4) is 5.75 Å². The lowest BCUT2D eigenvalue weighted by Gasteiger charge is -2.10. The topological polar surface area (TPSA) is 91.3 Å². The number of rotatable bonds is 4. The summed E-state index contributed by atoms with van der Waals surface area (Å²) in [7, 11) is 1.49. The number of hydrogen-bond acceptors (Lipinski definition) is 6. The van der Waals surface area contributed by atoms with Crippen LogP contribution in [0.5, 0.6) is 5.75 Å². The van der Waals surface area contributed by atoms with E-state index in [4.69, 9.17) is 4.74 Å². The standard InChI is InChI=1S/C12H12N2O4S2/c1-7-4-3-5-8(10(7)18-2)11(15)14-12-13-6-9(19-12)20(16)17/h3-6H,1-2H3,(H,16,17)(H,13,14,15)/p-1. The summed E-state index contributed by atoms with van der Waals surface area (Å²) in [6.45, 7) is 1.83. The molecular weight excluding hydrogens is 300 g/mol. The largest absolute Gasteiger partial charge is 0.768 e. The number of ether oxygens (including phenoxy) is 1. The van der Waals surface area contributed by atoms with Gasteiger partial charge in [-0.1, -0.05) is 23.5 Å². The molecule has 0 radical (unpaired) electrons. The zero-order valence-corrected chi connectivity index (χ0v) is 12.3. The van der Waals surface area contributed by atoms with E-state index >= 15 is 0 Å². The first-order valence-electron chi connectivity index (χ1n) is 5.53. The Labute approximate surface area is 122 Å². The lowest BCUT2D eigenvalue weighted by atomic mass is 10.1. The van der Waals surface area contributed by atoms with Gasteiger partial charge in [-0.3, -0.25) is 14.3 Å². The maximum Gasteiger partial charge on any atom is 0.261 e. The number of carbonyl (C=O) groups is 1. The van der Waals surface area contributed by atoms with E-state index in [1.807, 2.05) is 13.0 Å². The maximum atomic E-state index is 12.1. The van der Waals surface area contributed by atoms with E-state index in [0.29, 0.717) is 11.3 Å². The third-order valence-corrected chi connectivity index (χ3v) is 4.33. The van der Waals surface area contributed by atoms with Gasteiger partial charge in [-0.25, -0.2) is 4.98 Å². The number of benzene rings is 1. The molecule has 0 aliphatic heterocycles. The molecule has 0 fully saturated rings. The summed E-state index contributed by atoms with van der Waals surface area (Å²) in [5.41, 5.74) is 1.20. The molecule has 1 N–H and O–H groups in total. The summed E-state index contributed by atoms with van der Waals surface area (Å²) >= 11 is -1.46. The molecule has 6 nitrogen and oxygen atoms in total. The molecule has 1 atom stereocenters. The molecule has 2 aromatic rings. The second kappa shape index (κ2) is 6.12. The third kappa shape index (κ3) is 3.03. The second-order valence-electron chi connectivity index (χ2n) is 3.83. The number of thiazole rings is 1. The van der Waals surface area contributed by atoms with E-state index in [1.165, 1.54) is 13.3 Å². The molecule has 0 saturated heterocycles. The Bertz CT molecular complexity index is 669. The summed E-state index contributed by atoms with van der Waals surface area (Å²) in [4.78, 5) is 16.0. The molecule has 0 saturated carbocycles. The third-order valence-electron chi connectivity index (χ3n) is 2.53. The van der Waals surface area contributed by atoms with Gasteiger partial charge in [0.1, 0.15) is 5.75 Å². The van der Waals surface area contributed by atoms with Crippen molar-refractivity contribution in [1.29, 1.82) is 0 Å². The molecule has 8 heteroatoms. The first kappa shape index (κ1) is 14.6. The number of methoxy groups -OCH3 is 1. The maximum absolute atomic E-state index is 12.1. The van der Waals surface area contributed by atoms with Crippen LogP contribution in [0.25, 0.3) is 0 Å². The lowest BCUT2D eigenvalue weighted by molar-refractivity contribution is 0.102. The van der Waals surface area contributed by atoms with Crippen LogP contribution in [-0.4, -0.2) is 26.8 Å². The second-order valence-corrected chi connectivity index (χ2v) is 6.03. The Hall–Kier alpha value is -1.77. The molecule has 106 valence electrons. The number of nitrogens with one attached hydrogen (secondary N) is 1. The Kier molecular flexibility index (Phi) is 4.48. The summed E-state index contributed by atoms with van der Waals surface area (Å²) in [6, 6.07) is 5.20. The van der Waals surface area contributed by atoms with E-state index < -0.39 is 17.0 Å². The summed E-state index contributed by atoms with van der Waals surface area (Å²) in [5.74, 6) is 0.0808. The van der Waals surface area contributed by atoms with E-state index in [-0.39, 0.29) is 9.34 Å². The van der Waals surface area contributed by atoms with Crippen molar-refractivity contribution in [2.45, 2.75) is 11.1 Å². The molecule has 0 spiro atoms. The van der Waals surface area contributed by atoms with Crippen molar-refractivity contribution in [3.63, 3.8) is 0 Å². The minimum atomic E-state index is -2.35. The van der Waals surface area contributed by atoms with Gasteiger partial charge in [0, 0.05) is 0 Å². The molecule has 20 heavy (non-hydrogen) atoms. The van der Waals surface area contributed by atoms with Gasteiger partial charge < -0.3 is 9.29 Å². The molecule has 1 amide bonds. The Balaban J connectivity index is 2.23. The molecule has 1 aromatic carbocycles. The minimum absolute atomic E-state index is 0.0662. The summed E-state index contributed by atoms with van der Waals surface area (Å²) in [6.07, 6.45) is 1.19.